The van der Waals surface area contributed by atoms with Crippen molar-refractivity contribution in [2.24, 2.45) is 0 Å². The Labute approximate surface area is 133 Å². The number of amides is 1. The highest BCUT2D eigenvalue weighted by atomic mass is 16.6. The Hall–Kier alpha value is -1.75. The molecule has 1 amide bonds. The lowest BCUT2D eigenvalue weighted by atomic mass is 10.1. The van der Waals surface area contributed by atoms with Crippen molar-refractivity contribution in [3.05, 3.63) is 29.8 Å². The van der Waals surface area contributed by atoms with E-state index in [0.29, 0.717) is 6.54 Å². The molecule has 1 aromatic rings. The Morgan fingerprint density at radius 2 is 1.77 bits per heavy atom. The molecule has 2 N–H and O–H groups in total. The minimum atomic E-state index is -0.444. The van der Waals surface area contributed by atoms with Crippen LogP contribution in [0.15, 0.2) is 24.3 Å². The number of carbonyl (C=O) groups excluding carboxylic acids is 1. The topological polar surface area (TPSA) is 59.6 Å². The molecular formula is C17H28N2O3. The SMILES string of the molecule is COc1ccc(CCNCCCNC(=O)OC(C)(C)C)cc1. The van der Waals surface area contributed by atoms with E-state index in [1.165, 1.54) is 5.56 Å². The molecule has 0 heterocycles. The van der Waals surface area contributed by atoms with E-state index in [4.69, 9.17) is 9.47 Å². The molecule has 0 atom stereocenters. The highest BCUT2D eigenvalue weighted by Crippen LogP contribution is 2.11. The molecule has 5 nitrogen and oxygen atoms in total. The van der Waals surface area contributed by atoms with Gasteiger partial charge in [0.2, 0.25) is 0 Å². The number of nitrogens with one attached hydrogen (secondary N) is 2. The standard InChI is InChI=1S/C17H28N2O3/c1-17(2,3)22-16(20)19-12-5-11-18-13-10-14-6-8-15(21-4)9-7-14/h6-9,18H,5,10-13H2,1-4H3,(H,19,20). The van der Waals surface area contributed by atoms with Crippen molar-refractivity contribution in [2.45, 2.75) is 39.2 Å². The summed E-state index contributed by atoms with van der Waals surface area (Å²) in [6.45, 7) is 7.96. The first-order valence-electron chi connectivity index (χ1n) is 7.71. The van der Waals surface area contributed by atoms with Crippen molar-refractivity contribution in [1.82, 2.24) is 10.6 Å². The van der Waals surface area contributed by atoms with E-state index >= 15 is 0 Å². The molecule has 0 unspecified atom stereocenters. The number of alkyl carbamates (subject to hydrolysis) is 1. The highest BCUT2D eigenvalue weighted by molar-refractivity contribution is 5.67. The van der Waals surface area contributed by atoms with Gasteiger partial charge < -0.3 is 20.1 Å². The summed E-state index contributed by atoms with van der Waals surface area (Å²) >= 11 is 0. The third-order valence-corrected chi connectivity index (χ3v) is 2.95. The molecule has 0 saturated carbocycles. The maximum atomic E-state index is 11.4. The van der Waals surface area contributed by atoms with E-state index in [2.05, 4.69) is 22.8 Å². The number of hydrogen-bond donors (Lipinski definition) is 2. The van der Waals surface area contributed by atoms with E-state index in [1.54, 1.807) is 7.11 Å². The van der Waals surface area contributed by atoms with Crippen LogP contribution in [-0.4, -0.2) is 38.4 Å². The molecule has 0 aliphatic rings. The van der Waals surface area contributed by atoms with Crippen LogP contribution >= 0.6 is 0 Å². The van der Waals surface area contributed by atoms with Crippen molar-refractivity contribution < 1.29 is 14.3 Å². The number of carbonyl (C=O) groups is 1. The van der Waals surface area contributed by atoms with E-state index in [1.807, 2.05) is 32.9 Å². The highest BCUT2D eigenvalue weighted by Gasteiger charge is 2.15. The molecule has 5 heteroatoms. The van der Waals surface area contributed by atoms with E-state index in [-0.39, 0.29) is 6.09 Å². The molecule has 0 aliphatic heterocycles. The van der Waals surface area contributed by atoms with Gasteiger partial charge in [-0.1, -0.05) is 12.1 Å². The summed E-state index contributed by atoms with van der Waals surface area (Å²) in [4.78, 5) is 11.4. The van der Waals surface area contributed by atoms with Gasteiger partial charge in [0.05, 0.1) is 7.11 Å². The summed E-state index contributed by atoms with van der Waals surface area (Å²) in [5, 5.41) is 6.11. The van der Waals surface area contributed by atoms with Crippen LogP contribution < -0.4 is 15.4 Å². The van der Waals surface area contributed by atoms with Gasteiger partial charge in [-0.05, 0) is 64.4 Å². The van der Waals surface area contributed by atoms with Crippen molar-refractivity contribution in [1.29, 1.82) is 0 Å². The first-order chi connectivity index (χ1) is 10.4. The minimum absolute atomic E-state index is 0.356. The summed E-state index contributed by atoms with van der Waals surface area (Å²) in [5.74, 6) is 0.880. The van der Waals surface area contributed by atoms with Crippen molar-refractivity contribution in [2.75, 3.05) is 26.7 Å². The van der Waals surface area contributed by atoms with Gasteiger partial charge in [0.25, 0.3) is 0 Å². The minimum Gasteiger partial charge on any atom is -0.497 e. The number of methoxy groups -OCH3 is 1. The predicted molar refractivity (Wildman–Crippen MR) is 88.4 cm³/mol. The van der Waals surface area contributed by atoms with Gasteiger partial charge in [-0.25, -0.2) is 4.79 Å². The van der Waals surface area contributed by atoms with E-state index in [0.717, 1.165) is 31.7 Å². The van der Waals surface area contributed by atoms with Crippen LogP contribution in [0.3, 0.4) is 0 Å². The number of rotatable bonds is 8. The summed E-state index contributed by atoms with van der Waals surface area (Å²) in [7, 11) is 1.67. The van der Waals surface area contributed by atoms with E-state index in [9.17, 15) is 4.79 Å². The zero-order valence-electron chi connectivity index (χ0n) is 14.1. The molecule has 22 heavy (non-hydrogen) atoms. The Morgan fingerprint density at radius 1 is 1.09 bits per heavy atom. The van der Waals surface area contributed by atoms with E-state index < -0.39 is 5.60 Å². The van der Waals surface area contributed by atoms with Crippen LogP contribution in [-0.2, 0) is 11.2 Å². The third-order valence-electron chi connectivity index (χ3n) is 2.95. The molecule has 0 spiro atoms. The fourth-order valence-corrected chi connectivity index (χ4v) is 1.87. The van der Waals surface area contributed by atoms with Gasteiger partial charge in [0, 0.05) is 6.54 Å². The largest absolute Gasteiger partial charge is 0.497 e. The normalized spacial score (nSPS) is 11.1. The molecule has 0 saturated heterocycles. The fourth-order valence-electron chi connectivity index (χ4n) is 1.87. The second-order valence-corrected chi connectivity index (χ2v) is 6.13. The Bertz CT molecular complexity index is 438. The van der Waals surface area contributed by atoms with Gasteiger partial charge in [-0.15, -0.1) is 0 Å². The second-order valence-electron chi connectivity index (χ2n) is 6.13. The Balaban J connectivity index is 2.02. The maximum absolute atomic E-state index is 11.4. The first-order valence-corrected chi connectivity index (χ1v) is 7.71. The molecule has 0 bridgehead atoms. The molecule has 1 aromatic carbocycles. The number of ether oxygens (including phenoxy) is 2. The Morgan fingerprint density at radius 3 is 2.36 bits per heavy atom. The lowest BCUT2D eigenvalue weighted by Crippen LogP contribution is -2.34. The van der Waals surface area contributed by atoms with Crippen molar-refractivity contribution in [3.8, 4) is 5.75 Å². The smallest absolute Gasteiger partial charge is 0.407 e. The van der Waals surface area contributed by atoms with Crippen LogP contribution in [0.25, 0.3) is 0 Å². The maximum Gasteiger partial charge on any atom is 0.407 e. The van der Waals surface area contributed by atoms with Crippen LogP contribution in [0.4, 0.5) is 4.79 Å². The molecule has 0 radical (unpaired) electrons. The molecule has 124 valence electrons. The summed E-state index contributed by atoms with van der Waals surface area (Å²) in [6.07, 6.45) is 1.50. The third kappa shape index (κ3) is 8.52. The van der Waals surface area contributed by atoms with Crippen molar-refractivity contribution >= 4 is 6.09 Å². The molecule has 0 aromatic heterocycles. The zero-order valence-corrected chi connectivity index (χ0v) is 14.1. The lowest BCUT2D eigenvalue weighted by Gasteiger charge is -2.19. The molecular weight excluding hydrogens is 280 g/mol. The van der Waals surface area contributed by atoms with Gasteiger partial charge in [0.1, 0.15) is 11.4 Å². The van der Waals surface area contributed by atoms with Crippen molar-refractivity contribution in [3.63, 3.8) is 0 Å². The molecule has 0 fully saturated rings. The average molecular weight is 308 g/mol. The van der Waals surface area contributed by atoms with Crippen LogP contribution in [0, 0.1) is 0 Å². The van der Waals surface area contributed by atoms with Crippen LogP contribution in [0.2, 0.25) is 0 Å². The van der Waals surface area contributed by atoms with Gasteiger partial charge in [-0.3, -0.25) is 0 Å². The number of hydrogen-bond acceptors (Lipinski definition) is 4. The summed E-state index contributed by atoms with van der Waals surface area (Å²) in [5.41, 5.74) is 0.834. The molecule has 1 rings (SSSR count). The summed E-state index contributed by atoms with van der Waals surface area (Å²) in [6, 6.07) is 8.09. The van der Waals surface area contributed by atoms with Gasteiger partial charge >= 0.3 is 6.09 Å². The lowest BCUT2D eigenvalue weighted by molar-refractivity contribution is 0.0527. The van der Waals surface area contributed by atoms with Crippen LogP contribution in [0.5, 0.6) is 5.75 Å². The van der Waals surface area contributed by atoms with Gasteiger partial charge in [-0.2, -0.15) is 0 Å². The fraction of sp³-hybridized carbons (Fsp3) is 0.588. The average Bonchev–Trinajstić information content (AvgIpc) is 2.45. The molecule has 0 aliphatic carbocycles. The number of benzene rings is 1. The first kappa shape index (κ1) is 18.3. The Kier molecular flexibility index (Phi) is 7.74. The zero-order chi connectivity index (χ0) is 16.4. The quantitative estimate of drug-likeness (QED) is 0.725. The van der Waals surface area contributed by atoms with Crippen LogP contribution in [0.1, 0.15) is 32.8 Å². The predicted octanol–water partition coefficient (Wildman–Crippen LogP) is 2.74. The second kappa shape index (κ2) is 9.30. The monoisotopic (exact) mass is 308 g/mol. The van der Waals surface area contributed by atoms with Gasteiger partial charge in [0.15, 0.2) is 0 Å². The summed E-state index contributed by atoms with van der Waals surface area (Å²) < 4.78 is 10.3.